The van der Waals surface area contributed by atoms with Crippen molar-refractivity contribution in [3.63, 3.8) is 0 Å². The molecule has 60 heavy (non-hydrogen) atoms. The Bertz CT molecular complexity index is 2260. The largest absolute Gasteiger partial charge is 0.481 e. The number of rotatable bonds is 15. The van der Waals surface area contributed by atoms with Gasteiger partial charge in [0, 0.05) is 0 Å². The highest BCUT2D eigenvalue weighted by Crippen LogP contribution is 2.46. The highest BCUT2D eigenvalue weighted by Gasteiger charge is 2.36. The zero-order valence-corrected chi connectivity index (χ0v) is 35.6. The van der Waals surface area contributed by atoms with Crippen LogP contribution in [0.4, 0.5) is 0 Å². The second kappa shape index (κ2) is 20.9. The second-order valence-electron chi connectivity index (χ2n) is 13.4. The van der Waals surface area contributed by atoms with Gasteiger partial charge in [-0.3, -0.25) is 0 Å². The van der Waals surface area contributed by atoms with Gasteiger partial charge in [-0.05, 0) is 121 Å². The molecular weight excluding hydrogens is 783 g/mol. The van der Waals surface area contributed by atoms with E-state index in [1.165, 1.54) is 0 Å². The van der Waals surface area contributed by atoms with Crippen LogP contribution in [-0.4, -0.2) is 26.4 Å². The lowest BCUT2D eigenvalue weighted by Crippen LogP contribution is -2.22. The summed E-state index contributed by atoms with van der Waals surface area (Å²) in [4.78, 5) is -2.03. The van der Waals surface area contributed by atoms with Crippen LogP contribution in [0.1, 0.15) is 61.1 Å². The molecule has 0 unspecified atom stereocenters. The van der Waals surface area contributed by atoms with Gasteiger partial charge >= 0.3 is 0 Å². The van der Waals surface area contributed by atoms with Crippen molar-refractivity contribution in [1.82, 2.24) is 0 Å². The average molecular weight is 828 g/mol. The lowest BCUT2D eigenvalue weighted by Gasteiger charge is -2.30. The van der Waals surface area contributed by atoms with Gasteiger partial charge in [0.15, 0.2) is 0 Å². The molecule has 0 aromatic heterocycles. The maximum atomic E-state index is 7.77. The molecule has 0 saturated carbocycles. The maximum absolute atomic E-state index is 7.77. The number of halogens is 2. The van der Waals surface area contributed by atoms with Gasteiger partial charge in [0.2, 0.25) is 0 Å². The minimum Gasteiger partial charge on any atom is -0.481 e. The lowest BCUT2D eigenvalue weighted by molar-refractivity contribution is 0.369. The number of alkyl halides is 2. The van der Waals surface area contributed by atoms with E-state index >= 15 is 0 Å². The molecule has 298 valence electrons. The third kappa shape index (κ3) is 10.1. The number of ether oxygens (including phenoxy) is 4. The summed E-state index contributed by atoms with van der Waals surface area (Å²) in [5.74, 6) is 26.1. The minimum absolute atomic E-state index is 0.316. The van der Waals surface area contributed by atoms with E-state index in [1.54, 1.807) is 27.7 Å². The molecular formula is C54H44Cl2O4. The summed E-state index contributed by atoms with van der Waals surface area (Å²) >= 11 is 15.5. The van der Waals surface area contributed by atoms with E-state index in [-0.39, 0.29) is 0 Å². The fraction of sp³-hybridized carbons (Fsp3) is 0.185. The Balaban J connectivity index is 1.32. The van der Waals surface area contributed by atoms with Crippen molar-refractivity contribution < 1.29 is 18.9 Å². The smallest absolute Gasteiger partial charge is 0.149 e. The summed E-state index contributed by atoms with van der Waals surface area (Å²) < 4.78 is 23.2. The SMILES string of the molecule is CC#CCOc1ccc(C(Cl)(c2ccc(OCC#CC)cc2)c2ccc(-c3ccc(C(Cl)(c4ccc(OCC#CC)cc4)c4ccc(OCC#CC)cc4)cc3)cc2)cc1. The van der Waals surface area contributed by atoms with Gasteiger partial charge in [0.05, 0.1) is 0 Å². The molecule has 0 aliphatic rings. The molecule has 6 aromatic rings. The Kier molecular flexibility index (Phi) is 14.9. The van der Waals surface area contributed by atoms with Gasteiger partial charge in [0.1, 0.15) is 59.2 Å². The van der Waals surface area contributed by atoms with Gasteiger partial charge in [-0.25, -0.2) is 0 Å². The van der Waals surface area contributed by atoms with E-state index in [0.29, 0.717) is 49.4 Å². The van der Waals surface area contributed by atoms with E-state index in [0.717, 1.165) is 44.5 Å². The molecule has 0 atom stereocenters. The predicted octanol–water partition coefficient (Wildman–Crippen LogP) is 12.0. The van der Waals surface area contributed by atoms with Crippen molar-refractivity contribution >= 4 is 23.2 Å². The first-order valence-electron chi connectivity index (χ1n) is 19.4. The molecule has 6 aromatic carbocycles. The Morgan fingerprint density at radius 1 is 0.317 bits per heavy atom. The normalized spacial score (nSPS) is 10.6. The summed E-state index contributed by atoms with van der Waals surface area (Å²) in [6.45, 7) is 8.43. The average Bonchev–Trinajstić information content (AvgIpc) is 3.30. The van der Waals surface area contributed by atoms with Gasteiger partial charge in [-0.15, -0.1) is 46.9 Å². The summed E-state index contributed by atoms with van der Waals surface area (Å²) in [7, 11) is 0. The van der Waals surface area contributed by atoms with E-state index in [2.05, 4.69) is 95.9 Å². The Hall–Kier alpha value is -6.66. The van der Waals surface area contributed by atoms with Crippen LogP contribution in [0.25, 0.3) is 11.1 Å². The Morgan fingerprint density at radius 2 is 0.500 bits per heavy atom. The van der Waals surface area contributed by atoms with E-state index in [9.17, 15) is 0 Å². The van der Waals surface area contributed by atoms with E-state index in [1.807, 2.05) is 97.1 Å². The number of hydrogen-bond donors (Lipinski definition) is 0. The zero-order valence-electron chi connectivity index (χ0n) is 34.1. The molecule has 0 N–H and O–H groups in total. The van der Waals surface area contributed by atoms with Crippen LogP contribution in [0.3, 0.4) is 0 Å². The summed E-state index contributed by atoms with van der Waals surface area (Å²) in [5.41, 5.74) is 7.43. The van der Waals surface area contributed by atoms with Crippen LogP contribution in [-0.2, 0) is 9.75 Å². The molecule has 0 aliphatic carbocycles. The zero-order chi connectivity index (χ0) is 42.2. The number of hydrogen-bond acceptors (Lipinski definition) is 4. The van der Waals surface area contributed by atoms with Crippen molar-refractivity contribution in [2.75, 3.05) is 26.4 Å². The Labute approximate surface area is 364 Å². The first-order chi connectivity index (χ1) is 29.3. The van der Waals surface area contributed by atoms with Crippen molar-refractivity contribution in [3.05, 3.63) is 179 Å². The van der Waals surface area contributed by atoms with Crippen LogP contribution in [0.2, 0.25) is 0 Å². The quantitative estimate of drug-likeness (QED) is 0.0587. The first-order valence-corrected chi connectivity index (χ1v) is 20.2. The summed E-state index contributed by atoms with van der Waals surface area (Å²) in [6.07, 6.45) is 0. The first kappa shape index (κ1) is 42.9. The monoisotopic (exact) mass is 826 g/mol. The third-order valence-corrected chi connectivity index (χ3v) is 11.2. The molecule has 0 saturated heterocycles. The van der Waals surface area contributed by atoms with Gasteiger partial charge in [-0.1, -0.05) is 121 Å². The molecule has 0 fully saturated rings. The maximum Gasteiger partial charge on any atom is 0.149 e. The van der Waals surface area contributed by atoms with E-state index in [4.69, 9.17) is 42.1 Å². The molecule has 0 bridgehead atoms. The third-order valence-electron chi connectivity index (χ3n) is 9.86. The van der Waals surface area contributed by atoms with Gasteiger partial charge < -0.3 is 18.9 Å². The predicted molar refractivity (Wildman–Crippen MR) is 245 cm³/mol. The summed E-state index contributed by atoms with van der Waals surface area (Å²) in [5, 5.41) is 0. The van der Waals surface area contributed by atoms with Crippen molar-refractivity contribution in [2.45, 2.75) is 37.4 Å². The van der Waals surface area contributed by atoms with Crippen LogP contribution in [0.5, 0.6) is 23.0 Å². The molecule has 0 radical (unpaired) electrons. The standard InChI is InChI=1S/C54H44Cl2O4/c1-5-9-37-57-49-29-21-45(22-30-49)53(55,46-23-31-50(32-24-46)58-38-10-6-2)43-17-13-41(14-18-43)42-15-19-44(20-16-42)54(56,47-25-33-51(34-26-47)59-39-11-7-3)48-27-35-52(36-28-48)60-40-12-8-4/h13-36H,37-40H2,1-4H3. The molecule has 6 heteroatoms. The molecule has 4 nitrogen and oxygen atoms in total. The van der Waals surface area contributed by atoms with Crippen LogP contribution >= 0.6 is 23.2 Å². The molecule has 0 spiro atoms. The van der Waals surface area contributed by atoms with Crippen molar-refractivity contribution in [3.8, 4) is 81.5 Å². The van der Waals surface area contributed by atoms with Crippen LogP contribution in [0.15, 0.2) is 146 Å². The highest BCUT2D eigenvalue weighted by atomic mass is 35.5. The lowest BCUT2D eigenvalue weighted by atomic mass is 9.82. The topological polar surface area (TPSA) is 36.9 Å². The van der Waals surface area contributed by atoms with Crippen molar-refractivity contribution in [2.24, 2.45) is 0 Å². The second-order valence-corrected chi connectivity index (χ2v) is 14.6. The minimum atomic E-state index is -1.02. The molecule has 0 heterocycles. The van der Waals surface area contributed by atoms with E-state index < -0.39 is 9.75 Å². The molecule has 0 amide bonds. The fourth-order valence-electron chi connectivity index (χ4n) is 6.67. The number of benzene rings is 6. The van der Waals surface area contributed by atoms with Gasteiger partial charge in [-0.2, -0.15) is 0 Å². The highest BCUT2D eigenvalue weighted by molar-refractivity contribution is 6.28. The van der Waals surface area contributed by atoms with Crippen LogP contribution < -0.4 is 18.9 Å². The molecule has 0 aliphatic heterocycles. The van der Waals surface area contributed by atoms with Crippen LogP contribution in [0, 0.1) is 47.4 Å². The fourth-order valence-corrected chi connectivity index (χ4v) is 7.43. The summed E-state index contributed by atoms with van der Waals surface area (Å²) in [6, 6.07) is 48.1. The Morgan fingerprint density at radius 3 is 0.683 bits per heavy atom. The molecule has 6 rings (SSSR count). The van der Waals surface area contributed by atoms with Gasteiger partial charge in [0.25, 0.3) is 0 Å². The van der Waals surface area contributed by atoms with Crippen molar-refractivity contribution in [1.29, 1.82) is 0 Å².